The zero-order chi connectivity index (χ0) is 16.4. The van der Waals surface area contributed by atoms with E-state index in [-0.39, 0.29) is 18.4 Å². The highest BCUT2D eigenvalue weighted by atomic mass is 32.1. The van der Waals surface area contributed by atoms with Gasteiger partial charge in [0.15, 0.2) is 11.7 Å². The Balaban J connectivity index is 1.84. The van der Waals surface area contributed by atoms with Gasteiger partial charge in [-0.15, -0.1) is 11.3 Å². The Labute approximate surface area is 138 Å². The summed E-state index contributed by atoms with van der Waals surface area (Å²) in [6.45, 7) is 2.02. The highest BCUT2D eigenvalue weighted by Gasteiger charge is 2.22. The number of nitrogens with one attached hydrogen (secondary N) is 1. The van der Waals surface area contributed by atoms with Crippen molar-refractivity contribution in [2.75, 3.05) is 23.9 Å². The maximum atomic E-state index is 11.7. The third-order valence-corrected chi connectivity index (χ3v) is 4.33. The topological polar surface area (TPSA) is 71.5 Å². The van der Waals surface area contributed by atoms with Crippen LogP contribution in [-0.2, 0) is 9.59 Å². The van der Waals surface area contributed by atoms with Crippen LogP contribution in [0.4, 0.5) is 10.8 Å². The average Bonchev–Trinajstić information content (AvgIpc) is 2.99. The third kappa shape index (κ3) is 3.19. The summed E-state index contributed by atoms with van der Waals surface area (Å²) in [7, 11) is 1.73. The van der Waals surface area contributed by atoms with Crippen LogP contribution in [0.3, 0.4) is 0 Å². The molecule has 0 aliphatic carbocycles. The number of aromatic nitrogens is 1. The van der Waals surface area contributed by atoms with Crippen LogP contribution < -0.4 is 15.0 Å². The molecular formula is C16H17N3O3S. The van der Waals surface area contributed by atoms with Gasteiger partial charge in [-0.2, -0.15) is 0 Å². The van der Waals surface area contributed by atoms with Gasteiger partial charge < -0.3 is 15.0 Å². The van der Waals surface area contributed by atoms with E-state index in [1.807, 2.05) is 30.5 Å². The Kier molecular flexibility index (Phi) is 4.29. The zero-order valence-corrected chi connectivity index (χ0v) is 13.8. The number of anilines is 2. The quantitative estimate of drug-likeness (QED) is 0.935. The highest BCUT2D eigenvalue weighted by Crippen LogP contribution is 2.36. The molecule has 6 nitrogen and oxygen atoms in total. The Bertz CT molecular complexity index is 757. The summed E-state index contributed by atoms with van der Waals surface area (Å²) in [5, 5.41) is 5.25. The SMILES string of the molecule is CCCC(=O)Nc1nc(-c2ccc3c(c2)N(C)C(=O)CO3)cs1. The number of ether oxygens (including phenoxy) is 1. The van der Waals surface area contributed by atoms with E-state index in [1.54, 1.807) is 11.9 Å². The number of carbonyl (C=O) groups is 2. The second kappa shape index (κ2) is 6.37. The monoisotopic (exact) mass is 331 g/mol. The predicted octanol–water partition coefficient (Wildman–Crippen LogP) is 2.90. The lowest BCUT2D eigenvalue weighted by Gasteiger charge is -2.26. The molecule has 1 aromatic heterocycles. The van der Waals surface area contributed by atoms with Crippen molar-refractivity contribution >= 4 is 34.0 Å². The lowest BCUT2D eigenvalue weighted by Crippen LogP contribution is -2.35. The van der Waals surface area contributed by atoms with Crippen molar-refractivity contribution in [1.29, 1.82) is 0 Å². The predicted molar refractivity (Wildman–Crippen MR) is 90.0 cm³/mol. The minimum atomic E-state index is -0.0829. The first-order chi connectivity index (χ1) is 11.1. The maximum absolute atomic E-state index is 11.7. The number of thiazole rings is 1. The number of nitrogens with zero attached hydrogens (tertiary/aromatic N) is 2. The van der Waals surface area contributed by atoms with Crippen LogP contribution in [0.1, 0.15) is 19.8 Å². The van der Waals surface area contributed by atoms with Gasteiger partial charge in [0.1, 0.15) is 5.75 Å². The number of fused-ring (bicyclic) bond motifs is 1. The van der Waals surface area contributed by atoms with Crippen LogP contribution in [0.25, 0.3) is 11.3 Å². The van der Waals surface area contributed by atoms with E-state index >= 15 is 0 Å². The van der Waals surface area contributed by atoms with E-state index in [0.717, 1.165) is 23.4 Å². The smallest absolute Gasteiger partial charge is 0.264 e. The molecule has 120 valence electrons. The van der Waals surface area contributed by atoms with E-state index < -0.39 is 0 Å². The summed E-state index contributed by atoms with van der Waals surface area (Å²) in [6, 6.07) is 5.61. The number of benzene rings is 1. The van der Waals surface area contributed by atoms with Gasteiger partial charge in [-0.3, -0.25) is 9.59 Å². The molecule has 0 unspecified atom stereocenters. The first kappa shape index (κ1) is 15.5. The van der Waals surface area contributed by atoms with Crippen molar-refractivity contribution < 1.29 is 14.3 Å². The molecule has 7 heteroatoms. The largest absolute Gasteiger partial charge is 0.482 e. The number of hydrogen-bond donors (Lipinski definition) is 1. The van der Waals surface area contributed by atoms with Crippen molar-refractivity contribution in [3.05, 3.63) is 23.6 Å². The van der Waals surface area contributed by atoms with E-state index in [4.69, 9.17) is 4.74 Å². The summed E-state index contributed by atoms with van der Waals surface area (Å²) in [5.74, 6) is 0.570. The summed E-state index contributed by atoms with van der Waals surface area (Å²) in [6.07, 6.45) is 1.28. The molecule has 0 saturated heterocycles. The normalized spacial score (nSPS) is 13.5. The van der Waals surface area contributed by atoms with Crippen LogP contribution in [-0.4, -0.2) is 30.5 Å². The first-order valence-corrected chi connectivity index (χ1v) is 8.25. The second-order valence-electron chi connectivity index (χ2n) is 5.26. The maximum Gasteiger partial charge on any atom is 0.264 e. The molecule has 1 aliphatic heterocycles. The van der Waals surface area contributed by atoms with Crippen LogP contribution in [0.5, 0.6) is 5.75 Å². The molecule has 0 saturated carbocycles. The Morgan fingerprint density at radius 3 is 3.09 bits per heavy atom. The molecule has 0 atom stereocenters. The fourth-order valence-corrected chi connectivity index (χ4v) is 3.04. The molecule has 1 N–H and O–H groups in total. The number of amides is 2. The van der Waals surface area contributed by atoms with Crippen molar-refractivity contribution in [1.82, 2.24) is 4.98 Å². The van der Waals surface area contributed by atoms with Gasteiger partial charge in [-0.05, 0) is 24.6 Å². The van der Waals surface area contributed by atoms with Crippen molar-refractivity contribution in [3.8, 4) is 17.0 Å². The summed E-state index contributed by atoms with van der Waals surface area (Å²) < 4.78 is 5.42. The summed E-state index contributed by atoms with van der Waals surface area (Å²) >= 11 is 1.38. The standard InChI is InChI=1S/C16H17N3O3S/c1-3-4-14(20)18-16-17-11(9-23-16)10-5-6-13-12(7-10)19(2)15(21)8-22-13/h5-7,9H,3-4,8H2,1-2H3,(H,17,18,20). The summed E-state index contributed by atoms with van der Waals surface area (Å²) in [4.78, 5) is 29.4. The molecule has 2 heterocycles. The van der Waals surface area contributed by atoms with Gasteiger partial charge in [-0.25, -0.2) is 4.98 Å². The molecule has 1 aliphatic rings. The van der Waals surface area contributed by atoms with E-state index in [2.05, 4.69) is 10.3 Å². The zero-order valence-electron chi connectivity index (χ0n) is 13.0. The van der Waals surface area contributed by atoms with Crippen LogP contribution >= 0.6 is 11.3 Å². The Morgan fingerprint density at radius 1 is 1.48 bits per heavy atom. The van der Waals surface area contributed by atoms with Gasteiger partial charge in [0.05, 0.1) is 11.4 Å². The molecule has 1 aromatic carbocycles. The fourth-order valence-electron chi connectivity index (χ4n) is 2.30. The average molecular weight is 331 g/mol. The van der Waals surface area contributed by atoms with Crippen molar-refractivity contribution in [3.63, 3.8) is 0 Å². The third-order valence-electron chi connectivity index (χ3n) is 3.57. The minimum absolute atomic E-state index is 0.0300. The minimum Gasteiger partial charge on any atom is -0.482 e. The molecular weight excluding hydrogens is 314 g/mol. The second-order valence-corrected chi connectivity index (χ2v) is 6.12. The molecule has 2 amide bonds. The van der Waals surface area contributed by atoms with Crippen LogP contribution in [0, 0.1) is 0 Å². The van der Waals surface area contributed by atoms with Gasteiger partial charge in [0, 0.05) is 24.4 Å². The lowest BCUT2D eigenvalue weighted by atomic mass is 10.1. The molecule has 0 spiro atoms. The number of hydrogen-bond acceptors (Lipinski definition) is 5. The number of likely N-dealkylation sites (N-methyl/N-ethyl adjacent to an activating group) is 1. The first-order valence-electron chi connectivity index (χ1n) is 7.37. The van der Waals surface area contributed by atoms with Crippen molar-refractivity contribution in [2.45, 2.75) is 19.8 Å². The summed E-state index contributed by atoms with van der Waals surface area (Å²) in [5.41, 5.74) is 2.36. The fraction of sp³-hybridized carbons (Fsp3) is 0.312. The molecule has 0 fully saturated rings. The Morgan fingerprint density at radius 2 is 2.30 bits per heavy atom. The van der Waals surface area contributed by atoms with Gasteiger partial charge in [0.2, 0.25) is 5.91 Å². The van der Waals surface area contributed by atoms with E-state index in [1.165, 1.54) is 11.3 Å². The van der Waals surface area contributed by atoms with Gasteiger partial charge in [-0.1, -0.05) is 6.92 Å². The van der Waals surface area contributed by atoms with E-state index in [9.17, 15) is 9.59 Å². The number of rotatable bonds is 4. The molecule has 0 bridgehead atoms. The highest BCUT2D eigenvalue weighted by molar-refractivity contribution is 7.14. The van der Waals surface area contributed by atoms with Crippen LogP contribution in [0.15, 0.2) is 23.6 Å². The van der Waals surface area contributed by atoms with Crippen molar-refractivity contribution in [2.24, 2.45) is 0 Å². The Hall–Kier alpha value is -2.41. The van der Waals surface area contributed by atoms with Gasteiger partial charge in [0.25, 0.3) is 5.91 Å². The molecule has 2 aromatic rings. The lowest BCUT2D eigenvalue weighted by molar-refractivity contribution is -0.121. The number of carbonyl (C=O) groups excluding carboxylic acids is 2. The molecule has 0 radical (unpaired) electrons. The molecule has 3 rings (SSSR count). The van der Waals surface area contributed by atoms with Crippen LogP contribution in [0.2, 0.25) is 0 Å². The van der Waals surface area contributed by atoms with E-state index in [0.29, 0.717) is 17.3 Å². The van der Waals surface area contributed by atoms with Gasteiger partial charge >= 0.3 is 0 Å². The molecule has 23 heavy (non-hydrogen) atoms.